The second kappa shape index (κ2) is 8.24. The number of hydrogen-bond donors (Lipinski definition) is 2. The quantitative estimate of drug-likeness (QED) is 0.561. The van der Waals surface area contributed by atoms with E-state index in [0.29, 0.717) is 19.5 Å². The fraction of sp³-hybridized carbons (Fsp3) is 0.455. The van der Waals surface area contributed by atoms with E-state index in [9.17, 15) is 4.79 Å². The molecule has 2 N–H and O–H groups in total. The maximum atomic E-state index is 11.2. The maximum absolute atomic E-state index is 11.2. The number of aliphatic hydroxyl groups excluding tert-OH is 1. The van der Waals surface area contributed by atoms with Gasteiger partial charge < -0.3 is 27.4 Å². The average Bonchev–Trinajstić information content (AvgIpc) is 2.25. The van der Waals surface area contributed by atoms with Crippen LogP contribution in [0.5, 0.6) is 0 Å². The Morgan fingerprint density at radius 2 is 2.06 bits per heavy atom. The number of nitrogens with one attached hydrogen (secondary N) is 1. The third kappa shape index (κ3) is 5.82. The normalized spacial score (nSPS) is 9.38. The number of amides is 1. The van der Waals surface area contributed by atoms with Crippen LogP contribution in [-0.2, 0) is 11.3 Å². The highest BCUT2D eigenvalue weighted by Gasteiger charge is 2.05. The first-order valence-corrected chi connectivity index (χ1v) is 5.05. The van der Waals surface area contributed by atoms with Gasteiger partial charge in [-0.2, -0.15) is 0 Å². The predicted molar refractivity (Wildman–Crippen MR) is 56.1 cm³/mol. The van der Waals surface area contributed by atoms with Gasteiger partial charge in [0.05, 0.1) is 13.0 Å². The van der Waals surface area contributed by atoms with Crippen molar-refractivity contribution in [2.24, 2.45) is 0 Å². The topological polar surface area (TPSA) is 53.2 Å². The third-order valence-electron chi connectivity index (χ3n) is 2.09. The van der Waals surface area contributed by atoms with E-state index >= 15 is 0 Å². The number of pyridine rings is 1. The number of carbonyl (C=O) groups is 1. The van der Waals surface area contributed by atoms with Gasteiger partial charge in [0, 0.05) is 18.7 Å². The Labute approximate surface area is 106 Å². The monoisotopic (exact) mass is 288 g/mol. The fourth-order valence-electron chi connectivity index (χ4n) is 1.20. The van der Waals surface area contributed by atoms with Crippen LogP contribution in [0.1, 0.15) is 12.0 Å². The first-order valence-electron chi connectivity index (χ1n) is 5.05. The minimum absolute atomic E-state index is 0. The molecular formula is C11H17BrN2O2. The highest BCUT2D eigenvalue weighted by molar-refractivity contribution is 5.75. The number of carbonyl (C=O) groups excluding carboxylic acids is 1. The zero-order valence-electron chi connectivity index (χ0n) is 9.32. The van der Waals surface area contributed by atoms with E-state index < -0.39 is 0 Å². The van der Waals surface area contributed by atoms with Crippen molar-refractivity contribution in [1.29, 1.82) is 0 Å². The van der Waals surface area contributed by atoms with Gasteiger partial charge in [-0.15, -0.1) is 0 Å². The summed E-state index contributed by atoms with van der Waals surface area (Å²) < 4.78 is 1.96. The Morgan fingerprint density at radius 3 is 2.62 bits per heavy atom. The molecule has 4 nitrogen and oxygen atoms in total. The maximum Gasteiger partial charge on any atom is 0.226 e. The molecule has 0 fully saturated rings. The van der Waals surface area contributed by atoms with Crippen molar-refractivity contribution in [2.75, 3.05) is 13.2 Å². The largest absolute Gasteiger partial charge is 1.00 e. The van der Waals surface area contributed by atoms with Crippen LogP contribution >= 0.6 is 0 Å². The predicted octanol–water partition coefficient (Wildman–Crippen LogP) is -3.21. The molecule has 1 aromatic heterocycles. The van der Waals surface area contributed by atoms with E-state index in [4.69, 9.17) is 5.11 Å². The van der Waals surface area contributed by atoms with Crippen LogP contribution in [0.25, 0.3) is 0 Å². The zero-order valence-corrected chi connectivity index (χ0v) is 10.9. The van der Waals surface area contributed by atoms with Crippen molar-refractivity contribution in [3.05, 3.63) is 30.1 Å². The van der Waals surface area contributed by atoms with E-state index in [1.807, 2.05) is 36.0 Å². The van der Waals surface area contributed by atoms with Crippen LogP contribution in [0.3, 0.4) is 0 Å². The molecule has 0 bridgehead atoms. The summed E-state index contributed by atoms with van der Waals surface area (Å²) in [5.41, 5.74) is 1.20. The SMILES string of the molecule is Cc1cc[n+](CCC(=O)NCCO)cc1.[Br-]. The minimum atomic E-state index is -0.0304. The molecule has 1 heterocycles. The van der Waals surface area contributed by atoms with Crippen molar-refractivity contribution in [1.82, 2.24) is 5.32 Å². The van der Waals surface area contributed by atoms with Crippen molar-refractivity contribution in [2.45, 2.75) is 19.9 Å². The molecule has 90 valence electrons. The smallest absolute Gasteiger partial charge is 0.226 e. The van der Waals surface area contributed by atoms with Gasteiger partial charge in [0.25, 0.3) is 0 Å². The summed E-state index contributed by atoms with van der Waals surface area (Å²) in [5.74, 6) is -0.0304. The Bertz CT molecular complexity index is 314. The summed E-state index contributed by atoms with van der Waals surface area (Å²) in [6.45, 7) is 3.01. The van der Waals surface area contributed by atoms with Crippen molar-refractivity contribution < 1.29 is 31.4 Å². The van der Waals surface area contributed by atoms with E-state index in [1.165, 1.54) is 5.56 Å². The molecule has 0 aromatic carbocycles. The average molecular weight is 289 g/mol. The Morgan fingerprint density at radius 1 is 1.44 bits per heavy atom. The molecular weight excluding hydrogens is 272 g/mol. The lowest BCUT2D eigenvalue weighted by molar-refractivity contribution is -0.695. The van der Waals surface area contributed by atoms with Crippen LogP contribution < -0.4 is 26.9 Å². The molecule has 0 atom stereocenters. The second-order valence-electron chi connectivity index (χ2n) is 3.44. The van der Waals surface area contributed by atoms with Gasteiger partial charge in [-0.05, 0) is 12.5 Å². The first-order chi connectivity index (χ1) is 7.22. The number of nitrogens with zero attached hydrogens (tertiary/aromatic N) is 1. The summed E-state index contributed by atoms with van der Waals surface area (Å²) >= 11 is 0. The zero-order chi connectivity index (χ0) is 11.1. The molecule has 0 saturated carbocycles. The van der Waals surface area contributed by atoms with E-state index in [-0.39, 0.29) is 29.5 Å². The molecule has 16 heavy (non-hydrogen) atoms. The number of hydrogen-bond acceptors (Lipinski definition) is 2. The summed E-state index contributed by atoms with van der Waals surface area (Å²) in [4.78, 5) is 11.2. The van der Waals surface area contributed by atoms with Crippen LogP contribution in [0.2, 0.25) is 0 Å². The standard InChI is InChI=1S/C11H16N2O2.BrH/c1-10-2-6-13(7-3-10)8-4-11(15)12-5-9-14;/h2-3,6-7,14H,4-5,8-9H2,1H3;1H. The Kier molecular flexibility index (Phi) is 7.76. The highest BCUT2D eigenvalue weighted by Crippen LogP contribution is 1.90. The number of aliphatic hydroxyl groups is 1. The molecule has 0 radical (unpaired) electrons. The molecule has 0 aliphatic rings. The molecule has 0 spiro atoms. The van der Waals surface area contributed by atoms with Crippen molar-refractivity contribution >= 4 is 5.91 Å². The lowest BCUT2D eigenvalue weighted by Crippen LogP contribution is -3.00. The summed E-state index contributed by atoms with van der Waals surface area (Å²) in [6.07, 6.45) is 4.34. The second-order valence-corrected chi connectivity index (χ2v) is 3.44. The summed E-state index contributed by atoms with van der Waals surface area (Å²) in [7, 11) is 0. The van der Waals surface area contributed by atoms with Crippen molar-refractivity contribution in [3.8, 4) is 0 Å². The number of aryl methyl sites for hydroxylation is 2. The number of halogens is 1. The summed E-state index contributed by atoms with van der Waals surface area (Å²) in [5, 5.41) is 11.1. The first kappa shape index (κ1) is 15.1. The van der Waals surface area contributed by atoms with Crippen LogP contribution in [-0.4, -0.2) is 24.2 Å². The molecule has 0 unspecified atom stereocenters. The van der Waals surface area contributed by atoms with Gasteiger partial charge in [-0.3, -0.25) is 4.79 Å². The molecule has 0 saturated heterocycles. The lowest BCUT2D eigenvalue weighted by atomic mass is 10.3. The molecule has 1 aromatic rings. The Hall–Kier alpha value is -0.940. The fourth-order valence-corrected chi connectivity index (χ4v) is 1.20. The van der Waals surface area contributed by atoms with Crippen LogP contribution in [0.4, 0.5) is 0 Å². The van der Waals surface area contributed by atoms with Gasteiger partial charge in [0.1, 0.15) is 0 Å². The third-order valence-corrected chi connectivity index (χ3v) is 2.09. The van der Waals surface area contributed by atoms with Gasteiger partial charge in [-0.25, -0.2) is 4.57 Å². The van der Waals surface area contributed by atoms with Crippen LogP contribution in [0, 0.1) is 6.92 Å². The van der Waals surface area contributed by atoms with E-state index in [1.54, 1.807) is 0 Å². The Balaban J connectivity index is 0.00000225. The van der Waals surface area contributed by atoms with E-state index in [0.717, 1.165) is 0 Å². The number of aromatic nitrogens is 1. The molecule has 0 aliphatic heterocycles. The highest BCUT2D eigenvalue weighted by atomic mass is 79.9. The van der Waals surface area contributed by atoms with Crippen molar-refractivity contribution in [3.63, 3.8) is 0 Å². The van der Waals surface area contributed by atoms with Gasteiger partial charge in [0.15, 0.2) is 18.9 Å². The van der Waals surface area contributed by atoms with Gasteiger partial charge in [-0.1, -0.05) is 0 Å². The molecule has 1 rings (SSSR count). The van der Waals surface area contributed by atoms with Gasteiger partial charge >= 0.3 is 0 Å². The van der Waals surface area contributed by atoms with Gasteiger partial charge in [0.2, 0.25) is 5.91 Å². The van der Waals surface area contributed by atoms with E-state index in [2.05, 4.69) is 5.32 Å². The molecule has 0 aliphatic carbocycles. The molecule has 5 heteroatoms. The lowest BCUT2D eigenvalue weighted by Gasteiger charge is -2.00. The number of rotatable bonds is 5. The minimum Gasteiger partial charge on any atom is -1.00 e. The van der Waals surface area contributed by atoms with Crippen LogP contribution in [0.15, 0.2) is 24.5 Å². The summed E-state index contributed by atoms with van der Waals surface area (Å²) in [6, 6.07) is 4.01. The molecule has 1 amide bonds.